The number of carbonyl (C=O) groups is 6. The maximum atomic E-state index is 12.9. The molecule has 0 radical (unpaired) electrons. The smallest absolute Gasteiger partial charge is 0.308 e. The van der Waals surface area contributed by atoms with Crippen LogP contribution in [0, 0.1) is 0 Å². The van der Waals surface area contributed by atoms with Gasteiger partial charge in [0.25, 0.3) is 12.6 Å². The fourth-order valence-electron chi connectivity index (χ4n) is 9.73. The van der Waals surface area contributed by atoms with Gasteiger partial charge in [0.2, 0.25) is 0 Å². The molecular weight excluding hydrogens is 985 g/mol. The molecule has 78 heavy (non-hydrogen) atoms. The molecule has 0 aliphatic heterocycles. The van der Waals surface area contributed by atoms with Crippen molar-refractivity contribution in [3.05, 3.63) is 0 Å². The first-order chi connectivity index (χ1) is 38.1. The molecule has 0 aromatic heterocycles. The first kappa shape index (κ1) is 74.8. The summed E-state index contributed by atoms with van der Waals surface area (Å²) in [5.74, 6) is -3.12. The molecule has 0 aromatic rings. The predicted octanol–water partition coefficient (Wildman–Crippen LogP) is 19.3. The molecule has 0 aromatic carbocycles. The van der Waals surface area contributed by atoms with Gasteiger partial charge in [0, 0.05) is 25.7 Å². The SMILES string of the molecule is CCCCCCCCCCCCCC(=O)OC(CCOC(=O)CCC(=O)OCCC(OC(=O)CCCCCCCCCCCCC)OC(=O)CCCCCCCCCCCCC)OC(=O)CCCCCCCCCCCCC. The van der Waals surface area contributed by atoms with E-state index in [1.807, 2.05) is 0 Å². The fourth-order valence-corrected chi connectivity index (χ4v) is 9.73. The molecule has 12 nitrogen and oxygen atoms in total. The molecule has 0 saturated heterocycles. The highest BCUT2D eigenvalue weighted by Gasteiger charge is 2.22. The van der Waals surface area contributed by atoms with Crippen molar-refractivity contribution in [2.75, 3.05) is 13.2 Å². The van der Waals surface area contributed by atoms with Gasteiger partial charge in [-0.2, -0.15) is 0 Å². The molecule has 0 unspecified atom stereocenters. The third-order valence-corrected chi connectivity index (χ3v) is 14.8. The van der Waals surface area contributed by atoms with Gasteiger partial charge in [0.1, 0.15) is 0 Å². The summed E-state index contributed by atoms with van der Waals surface area (Å²) in [7, 11) is 0. The Hall–Kier alpha value is -3.18. The number of rotatable bonds is 61. The van der Waals surface area contributed by atoms with E-state index in [0.29, 0.717) is 25.7 Å². The third-order valence-electron chi connectivity index (χ3n) is 14.8. The van der Waals surface area contributed by atoms with E-state index in [-0.39, 0.29) is 64.6 Å². The molecular formula is C66H122O12. The van der Waals surface area contributed by atoms with E-state index in [0.717, 1.165) is 77.0 Å². The second-order valence-corrected chi connectivity index (χ2v) is 22.5. The lowest BCUT2D eigenvalue weighted by molar-refractivity contribution is -0.193. The van der Waals surface area contributed by atoms with Crippen LogP contribution in [-0.4, -0.2) is 61.6 Å². The Balaban J connectivity index is 5.00. The van der Waals surface area contributed by atoms with Gasteiger partial charge >= 0.3 is 35.8 Å². The van der Waals surface area contributed by atoms with Gasteiger partial charge in [-0.05, 0) is 25.7 Å². The monoisotopic (exact) mass is 1110 g/mol. The van der Waals surface area contributed by atoms with E-state index in [9.17, 15) is 28.8 Å². The van der Waals surface area contributed by atoms with Crippen LogP contribution in [0.5, 0.6) is 0 Å². The summed E-state index contributed by atoms with van der Waals surface area (Å²) in [6.07, 6.45) is 49.1. The van der Waals surface area contributed by atoms with Crippen LogP contribution in [0.3, 0.4) is 0 Å². The van der Waals surface area contributed by atoms with Crippen molar-refractivity contribution in [1.82, 2.24) is 0 Å². The molecule has 0 spiro atoms. The molecule has 0 heterocycles. The highest BCUT2D eigenvalue weighted by molar-refractivity contribution is 5.77. The van der Waals surface area contributed by atoms with E-state index in [4.69, 9.17) is 28.4 Å². The van der Waals surface area contributed by atoms with E-state index >= 15 is 0 Å². The van der Waals surface area contributed by atoms with Gasteiger partial charge in [0.05, 0.1) is 38.9 Å². The van der Waals surface area contributed by atoms with Gasteiger partial charge in [0.15, 0.2) is 0 Å². The quantitative estimate of drug-likeness (QED) is 0.0246. The van der Waals surface area contributed by atoms with E-state index in [1.54, 1.807) is 0 Å². The van der Waals surface area contributed by atoms with Crippen LogP contribution in [-0.2, 0) is 57.2 Å². The third kappa shape index (κ3) is 56.1. The lowest BCUT2D eigenvalue weighted by atomic mass is 10.1. The largest absolute Gasteiger partial charge is 0.465 e. The lowest BCUT2D eigenvalue weighted by Crippen LogP contribution is -2.27. The van der Waals surface area contributed by atoms with Crippen molar-refractivity contribution in [3.8, 4) is 0 Å². The first-order valence-corrected chi connectivity index (χ1v) is 33.2. The van der Waals surface area contributed by atoms with Gasteiger partial charge in [-0.3, -0.25) is 28.8 Å². The van der Waals surface area contributed by atoms with Gasteiger partial charge < -0.3 is 28.4 Å². The van der Waals surface area contributed by atoms with Crippen molar-refractivity contribution in [3.63, 3.8) is 0 Å². The zero-order valence-electron chi connectivity index (χ0n) is 51.2. The van der Waals surface area contributed by atoms with Crippen LogP contribution in [0.2, 0.25) is 0 Å². The average Bonchev–Trinajstić information content (AvgIpc) is 3.41. The van der Waals surface area contributed by atoms with E-state index in [1.165, 1.54) is 180 Å². The van der Waals surface area contributed by atoms with Crippen molar-refractivity contribution < 1.29 is 57.2 Å². The number of hydrogen-bond acceptors (Lipinski definition) is 12. The summed E-state index contributed by atoms with van der Waals surface area (Å²) in [4.78, 5) is 77.0. The number of ether oxygens (including phenoxy) is 6. The second-order valence-electron chi connectivity index (χ2n) is 22.5. The van der Waals surface area contributed by atoms with Crippen LogP contribution in [0.1, 0.15) is 362 Å². The first-order valence-electron chi connectivity index (χ1n) is 33.2. The summed E-state index contributed by atoms with van der Waals surface area (Å²) in [5.41, 5.74) is 0. The number of hydrogen-bond donors (Lipinski definition) is 0. The highest BCUT2D eigenvalue weighted by Crippen LogP contribution is 2.19. The van der Waals surface area contributed by atoms with Crippen molar-refractivity contribution in [2.24, 2.45) is 0 Å². The maximum Gasteiger partial charge on any atom is 0.308 e. The summed E-state index contributed by atoms with van der Waals surface area (Å²) in [6.45, 7) is 8.58. The molecule has 0 fully saturated rings. The minimum absolute atomic E-state index is 0.0263. The minimum atomic E-state index is -1.18. The number of carbonyl (C=O) groups excluding carboxylic acids is 6. The molecule has 0 amide bonds. The van der Waals surface area contributed by atoms with Crippen molar-refractivity contribution in [2.45, 2.75) is 374 Å². The van der Waals surface area contributed by atoms with Crippen LogP contribution in [0.4, 0.5) is 0 Å². The van der Waals surface area contributed by atoms with Gasteiger partial charge in [-0.1, -0.05) is 285 Å². The second kappa shape index (κ2) is 59.9. The number of esters is 6. The molecule has 0 aliphatic carbocycles. The highest BCUT2D eigenvalue weighted by atomic mass is 16.7. The Kier molecular flexibility index (Phi) is 57.5. The minimum Gasteiger partial charge on any atom is -0.465 e. The normalized spacial score (nSPS) is 11.3. The summed E-state index contributed by atoms with van der Waals surface area (Å²) >= 11 is 0. The molecule has 12 heteroatoms. The Morgan fingerprint density at radius 1 is 0.218 bits per heavy atom. The average molecular weight is 1110 g/mol. The predicted molar refractivity (Wildman–Crippen MR) is 317 cm³/mol. The zero-order valence-corrected chi connectivity index (χ0v) is 51.2. The standard InChI is InChI=1S/C66H122O12/c1-5-9-13-17-21-25-29-33-37-41-45-49-61(69)75-65(76-62(70)50-46-42-38-34-30-26-22-18-14-10-6-2)55-57-73-59(67)53-54-60(68)74-58-56-66(77-63(71)51-47-43-39-35-31-27-23-19-15-11-7-3)78-64(72)52-48-44-40-36-32-28-24-20-16-12-8-4/h65-66H,5-58H2,1-4H3. The lowest BCUT2D eigenvalue weighted by Gasteiger charge is -2.19. The molecule has 458 valence electrons. The molecule has 0 aliphatic rings. The molecule has 0 atom stereocenters. The Morgan fingerprint density at radius 3 is 0.564 bits per heavy atom. The fraction of sp³-hybridized carbons (Fsp3) is 0.909. The van der Waals surface area contributed by atoms with E-state index in [2.05, 4.69) is 27.7 Å². The van der Waals surface area contributed by atoms with Gasteiger partial charge in [-0.15, -0.1) is 0 Å². The molecule has 0 saturated carbocycles. The van der Waals surface area contributed by atoms with Crippen LogP contribution < -0.4 is 0 Å². The van der Waals surface area contributed by atoms with Crippen LogP contribution in [0.15, 0.2) is 0 Å². The van der Waals surface area contributed by atoms with Crippen LogP contribution >= 0.6 is 0 Å². The molecule has 0 bridgehead atoms. The number of unbranched alkanes of at least 4 members (excludes halogenated alkanes) is 40. The Labute approximate surface area is 478 Å². The zero-order chi connectivity index (χ0) is 57.0. The molecule has 0 N–H and O–H groups in total. The maximum absolute atomic E-state index is 12.9. The van der Waals surface area contributed by atoms with Gasteiger partial charge in [-0.25, -0.2) is 0 Å². The summed E-state index contributed by atoms with van der Waals surface area (Å²) in [5, 5.41) is 0. The Bertz CT molecular complexity index is 1200. The topological polar surface area (TPSA) is 158 Å². The van der Waals surface area contributed by atoms with Crippen molar-refractivity contribution >= 4 is 35.8 Å². The summed E-state index contributed by atoms with van der Waals surface area (Å²) in [6, 6.07) is 0. The summed E-state index contributed by atoms with van der Waals surface area (Å²) < 4.78 is 33.2. The van der Waals surface area contributed by atoms with Crippen molar-refractivity contribution in [1.29, 1.82) is 0 Å². The van der Waals surface area contributed by atoms with E-state index < -0.39 is 48.4 Å². The molecule has 0 rings (SSSR count). The van der Waals surface area contributed by atoms with Crippen LogP contribution in [0.25, 0.3) is 0 Å². The Morgan fingerprint density at radius 2 is 0.385 bits per heavy atom.